The fraction of sp³-hybridized carbons (Fsp3) is 0.238. The summed E-state index contributed by atoms with van der Waals surface area (Å²) in [6, 6.07) is 14.0. The normalized spacial score (nSPS) is 14.5. The highest BCUT2D eigenvalue weighted by atomic mass is 32.1. The molecule has 0 saturated carbocycles. The number of rotatable bonds is 5. The van der Waals surface area contributed by atoms with E-state index in [1.807, 2.05) is 29.2 Å². The zero-order valence-electron chi connectivity index (χ0n) is 16.0. The number of anilines is 1. The van der Waals surface area contributed by atoms with Gasteiger partial charge in [-0.05, 0) is 18.2 Å². The van der Waals surface area contributed by atoms with Gasteiger partial charge in [-0.3, -0.25) is 15.0 Å². The Morgan fingerprint density at radius 2 is 1.97 bits per heavy atom. The van der Waals surface area contributed by atoms with Crippen LogP contribution in [-0.4, -0.2) is 41.0 Å². The Morgan fingerprint density at radius 1 is 1.20 bits per heavy atom. The van der Waals surface area contributed by atoms with Crippen LogP contribution < -0.4 is 4.90 Å². The van der Waals surface area contributed by atoms with Crippen LogP contribution in [0.3, 0.4) is 0 Å². The summed E-state index contributed by atoms with van der Waals surface area (Å²) < 4.78 is 14.0. The number of hydrogen-bond donors (Lipinski definition) is 0. The minimum atomic E-state index is -0.549. The first-order valence-corrected chi connectivity index (χ1v) is 10.2. The van der Waals surface area contributed by atoms with Crippen molar-refractivity contribution in [2.24, 2.45) is 0 Å². The van der Waals surface area contributed by atoms with E-state index in [4.69, 9.17) is 0 Å². The molecular formula is C21H18FN5O2S. The lowest BCUT2D eigenvalue weighted by molar-refractivity contribution is -0.385. The fourth-order valence-electron chi connectivity index (χ4n) is 3.49. The number of aromatic nitrogens is 1. The summed E-state index contributed by atoms with van der Waals surface area (Å²) in [5.41, 5.74) is 0.648. The molecule has 3 heterocycles. The van der Waals surface area contributed by atoms with E-state index in [0.29, 0.717) is 24.5 Å². The van der Waals surface area contributed by atoms with Crippen LogP contribution in [0.15, 0.2) is 48.7 Å². The maximum absolute atomic E-state index is 14.0. The molecule has 7 nitrogen and oxygen atoms in total. The molecule has 30 heavy (non-hydrogen) atoms. The minimum Gasteiger partial charge on any atom is -0.353 e. The lowest BCUT2D eigenvalue weighted by atomic mass is 10.2. The van der Waals surface area contributed by atoms with Crippen molar-refractivity contribution < 1.29 is 9.31 Å². The molecule has 0 unspecified atom stereocenters. The van der Waals surface area contributed by atoms with Gasteiger partial charge in [-0.25, -0.2) is 9.37 Å². The van der Waals surface area contributed by atoms with E-state index in [-0.39, 0.29) is 17.1 Å². The van der Waals surface area contributed by atoms with Crippen molar-refractivity contribution in [2.45, 2.75) is 6.54 Å². The molecule has 0 spiro atoms. The van der Waals surface area contributed by atoms with Crippen LogP contribution >= 0.6 is 11.3 Å². The van der Waals surface area contributed by atoms with Gasteiger partial charge in [0.2, 0.25) is 0 Å². The third-order valence-electron chi connectivity index (χ3n) is 5.04. The number of piperazine rings is 1. The third kappa shape index (κ3) is 4.15. The van der Waals surface area contributed by atoms with Gasteiger partial charge in [0.15, 0.2) is 0 Å². The smallest absolute Gasteiger partial charge is 0.289 e. The summed E-state index contributed by atoms with van der Waals surface area (Å²) >= 11 is 1.59. The third-order valence-corrected chi connectivity index (χ3v) is 6.14. The molecule has 3 aromatic rings. The Hall–Kier alpha value is -3.35. The molecule has 0 radical (unpaired) electrons. The summed E-state index contributed by atoms with van der Waals surface area (Å²) in [4.78, 5) is 20.9. The number of hydrogen-bond acceptors (Lipinski definition) is 7. The first-order valence-electron chi connectivity index (χ1n) is 9.40. The number of nitrogens with zero attached hydrogens (tertiary/aromatic N) is 5. The van der Waals surface area contributed by atoms with Crippen LogP contribution in [0.2, 0.25) is 0 Å². The molecule has 0 N–H and O–H groups in total. The van der Waals surface area contributed by atoms with Crippen molar-refractivity contribution >= 4 is 22.8 Å². The molecule has 4 rings (SSSR count). The zero-order valence-corrected chi connectivity index (χ0v) is 16.8. The maximum atomic E-state index is 14.0. The number of nitro groups is 1. The summed E-state index contributed by atoms with van der Waals surface area (Å²) in [5, 5.41) is 20.2. The van der Waals surface area contributed by atoms with Crippen molar-refractivity contribution in [1.82, 2.24) is 9.88 Å². The first-order chi connectivity index (χ1) is 14.5. The minimum absolute atomic E-state index is 0.183. The highest BCUT2D eigenvalue weighted by Crippen LogP contribution is 2.31. The predicted octanol–water partition coefficient (Wildman–Crippen LogP) is 4.05. The second kappa shape index (κ2) is 8.57. The molecule has 1 saturated heterocycles. The van der Waals surface area contributed by atoms with Crippen molar-refractivity contribution in [2.75, 3.05) is 31.1 Å². The molecule has 0 amide bonds. The van der Waals surface area contributed by atoms with E-state index in [1.54, 1.807) is 23.5 Å². The van der Waals surface area contributed by atoms with Gasteiger partial charge in [0, 0.05) is 54.1 Å². The second-order valence-corrected chi connectivity index (χ2v) is 8.11. The standard InChI is InChI=1S/C21H18FN5O2S/c22-19-4-2-1-3-18(19)20-6-5-17(30-20)14-25-7-9-26(10-8-25)21-15(12-23)11-16(13-24-21)27(28)29/h1-6,11,13H,7-10,14H2. The Balaban J connectivity index is 1.40. The van der Waals surface area contributed by atoms with Crippen molar-refractivity contribution in [3.8, 4) is 16.5 Å². The highest BCUT2D eigenvalue weighted by molar-refractivity contribution is 7.15. The molecule has 0 aliphatic carbocycles. The number of pyridine rings is 1. The Kier molecular flexibility index (Phi) is 5.70. The van der Waals surface area contributed by atoms with Crippen molar-refractivity contribution in [3.63, 3.8) is 0 Å². The molecule has 2 aromatic heterocycles. The molecule has 1 fully saturated rings. The van der Waals surface area contributed by atoms with Crippen molar-refractivity contribution in [3.05, 3.63) is 75.0 Å². The van der Waals surface area contributed by atoms with Crippen LogP contribution in [0, 0.1) is 27.3 Å². The first kappa shape index (κ1) is 19.9. The average Bonchev–Trinajstić information content (AvgIpc) is 3.22. The van der Waals surface area contributed by atoms with Gasteiger partial charge in [-0.15, -0.1) is 11.3 Å². The van der Waals surface area contributed by atoms with E-state index in [9.17, 15) is 19.8 Å². The molecule has 0 atom stereocenters. The van der Waals surface area contributed by atoms with Gasteiger partial charge in [0.25, 0.3) is 5.69 Å². The number of thiophene rings is 1. The molecule has 0 bridgehead atoms. The fourth-order valence-corrected chi connectivity index (χ4v) is 4.56. The van der Waals surface area contributed by atoms with Crippen LogP contribution in [0.4, 0.5) is 15.9 Å². The van der Waals surface area contributed by atoms with E-state index in [1.165, 1.54) is 18.3 Å². The number of benzene rings is 1. The topological polar surface area (TPSA) is 86.3 Å². The molecular weight excluding hydrogens is 405 g/mol. The summed E-state index contributed by atoms with van der Waals surface area (Å²) in [5.74, 6) is 0.268. The molecule has 152 valence electrons. The average molecular weight is 423 g/mol. The molecule has 1 aromatic carbocycles. The van der Waals surface area contributed by atoms with Gasteiger partial charge >= 0.3 is 0 Å². The van der Waals surface area contributed by atoms with Gasteiger partial charge in [0.1, 0.15) is 29.5 Å². The summed E-state index contributed by atoms with van der Waals surface area (Å²) in [6.45, 7) is 3.66. The van der Waals surface area contributed by atoms with Crippen molar-refractivity contribution in [1.29, 1.82) is 5.26 Å². The number of halogens is 1. The Morgan fingerprint density at radius 3 is 2.67 bits per heavy atom. The van der Waals surface area contributed by atoms with Crippen LogP contribution in [0.5, 0.6) is 0 Å². The molecule has 1 aliphatic rings. The van der Waals surface area contributed by atoms with Crippen LogP contribution in [-0.2, 0) is 6.54 Å². The quantitative estimate of drug-likeness (QED) is 0.455. The molecule has 9 heteroatoms. The Bertz CT molecular complexity index is 1120. The van der Waals surface area contributed by atoms with E-state index in [2.05, 4.69) is 9.88 Å². The van der Waals surface area contributed by atoms with Gasteiger partial charge < -0.3 is 4.90 Å². The summed E-state index contributed by atoms with van der Waals surface area (Å²) in [7, 11) is 0. The highest BCUT2D eigenvalue weighted by Gasteiger charge is 2.22. The predicted molar refractivity (Wildman–Crippen MR) is 113 cm³/mol. The van der Waals surface area contributed by atoms with Gasteiger partial charge in [0.05, 0.1) is 4.92 Å². The SMILES string of the molecule is N#Cc1cc([N+](=O)[O-])cnc1N1CCN(Cc2ccc(-c3ccccc3F)s2)CC1. The lowest BCUT2D eigenvalue weighted by Gasteiger charge is -2.35. The monoisotopic (exact) mass is 423 g/mol. The second-order valence-electron chi connectivity index (χ2n) is 6.94. The van der Waals surface area contributed by atoms with Gasteiger partial charge in [-0.1, -0.05) is 18.2 Å². The van der Waals surface area contributed by atoms with E-state index in [0.717, 1.165) is 29.4 Å². The number of nitriles is 1. The Labute approximate surface area is 176 Å². The van der Waals surface area contributed by atoms with E-state index >= 15 is 0 Å². The maximum Gasteiger partial charge on any atom is 0.289 e. The van der Waals surface area contributed by atoms with Gasteiger partial charge in [-0.2, -0.15) is 5.26 Å². The van der Waals surface area contributed by atoms with E-state index < -0.39 is 4.92 Å². The molecule has 1 aliphatic heterocycles. The largest absolute Gasteiger partial charge is 0.353 e. The van der Waals surface area contributed by atoms with Crippen LogP contribution in [0.1, 0.15) is 10.4 Å². The van der Waals surface area contributed by atoms with Crippen LogP contribution in [0.25, 0.3) is 10.4 Å². The zero-order chi connectivity index (χ0) is 21.1. The lowest BCUT2D eigenvalue weighted by Crippen LogP contribution is -2.46. The summed E-state index contributed by atoms with van der Waals surface area (Å²) in [6.07, 6.45) is 1.19.